The molecule has 0 saturated heterocycles. The molecule has 1 heteroatoms. The van der Waals surface area contributed by atoms with E-state index in [0.29, 0.717) is 29.5 Å². The monoisotopic (exact) mass is 254 g/mol. The van der Waals surface area contributed by atoms with Gasteiger partial charge in [-0.25, -0.2) is 0 Å². The fourth-order valence-corrected chi connectivity index (χ4v) is 2.91. The first-order valence-corrected chi connectivity index (χ1v) is 7.41. The van der Waals surface area contributed by atoms with Crippen molar-refractivity contribution in [1.29, 1.82) is 0 Å². The van der Waals surface area contributed by atoms with Crippen molar-refractivity contribution in [3.63, 3.8) is 0 Å². The summed E-state index contributed by atoms with van der Waals surface area (Å²) >= 11 is 0. The van der Waals surface area contributed by atoms with E-state index in [1.807, 2.05) is 0 Å². The Morgan fingerprint density at radius 1 is 0.667 bits per heavy atom. The van der Waals surface area contributed by atoms with Crippen LogP contribution in [-0.4, -0.2) is 5.78 Å². The molecule has 18 heavy (non-hydrogen) atoms. The van der Waals surface area contributed by atoms with Crippen LogP contribution in [0.25, 0.3) is 0 Å². The predicted octanol–water partition coefficient (Wildman–Crippen LogP) is 5.19. The molecule has 108 valence electrons. The second-order valence-corrected chi connectivity index (χ2v) is 7.84. The molecule has 0 radical (unpaired) electrons. The molecule has 0 rings (SSSR count). The Hall–Kier alpha value is -0.330. The summed E-state index contributed by atoms with van der Waals surface area (Å²) in [6, 6.07) is 0. The zero-order valence-corrected chi connectivity index (χ0v) is 14.2. The molecule has 0 amide bonds. The Balaban J connectivity index is 5.26. The van der Waals surface area contributed by atoms with E-state index >= 15 is 0 Å². The second kappa shape index (κ2) is 5.75. The van der Waals surface area contributed by atoms with Crippen LogP contribution in [0.2, 0.25) is 0 Å². The predicted molar refractivity (Wildman–Crippen MR) is 80.6 cm³/mol. The highest BCUT2D eigenvalue weighted by Crippen LogP contribution is 2.43. The van der Waals surface area contributed by atoms with E-state index in [0.717, 1.165) is 0 Å². The van der Waals surface area contributed by atoms with Crippen LogP contribution < -0.4 is 0 Å². The first-order valence-electron chi connectivity index (χ1n) is 7.41. The molecule has 2 atom stereocenters. The molecule has 0 aromatic carbocycles. The van der Waals surface area contributed by atoms with Gasteiger partial charge >= 0.3 is 0 Å². The van der Waals surface area contributed by atoms with Crippen LogP contribution in [0.4, 0.5) is 0 Å². The average Bonchev–Trinajstić information content (AvgIpc) is 2.25. The molecule has 0 bridgehead atoms. The van der Waals surface area contributed by atoms with E-state index in [4.69, 9.17) is 0 Å². The quantitative estimate of drug-likeness (QED) is 0.637. The number of hydrogen-bond acceptors (Lipinski definition) is 1. The summed E-state index contributed by atoms with van der Waals surface area (Å²) in [5.41, 5.74) is -0.498. The van der Waals surface area contributed by atoms with Crippen LogP contribution in [0, 0.1) is 34.5 Å². The summed E-state index contributed by atoms with van der Waals surface area (Å²) in [5.74, 6) is 2.30. The van der Waals surface area contributed by atoms with E-state index in [1.165, 1.54) is 0 Å². The number of hydrogen-bond donors (Lipinski definition) is 0. The third-order valence-corrected chi connectivity index (χ3v) is 5.45. The van der Waals surface area contributed by atoms with Gasteiger partial charge in [-0.05, 0) is 23.7 Å². The Labute approximate surface area is 115 Å². The minimum Gasteiger partial charge on any atom is -0.298 e. The number of carbonyl (C=O) groups excluding carboxylic acids is 1. The molecule has 0 N–H and O–H groups in total. The molecule has 0 aliphatic rings. The summed E-state index contributed by atoms with van der Waals surface area (Å²) in [7, 11) is 0. The Kier molecular flexibility index (Phi) is 5.65. The summed E-state index contributed by atoms with van der Waals surface area (Å²) < 4.78 is 0. The lowest BCUT2D eigenvalue weighted by Gasteiger charge is -2.43. The first-order chi connectivity index (χ1) is 7.86. The van der Waals surface area contributed by atoms with Gasteiger partial charge in [0.2, 0.25) is 0 Å². The number of ketones is 1. The van der Waals surface area contributed by atoms with Crippen molar-refractivity contribution < 1.29 is 4.79 Å². The highest BCUT2D eigenvalue weighted by molar-refractivity contribution is 5.89. The van der Waals surface area contributed by atoms with Crippen molar-refractivity contribution >= 4 is 5.78 Å². The molecule has 0 saturated carbocycles. The molecule has 0 fully saturated rings. The number of carbonyl (C=O) groups is 1. The number of Topliss-reactive ketones (excluding diaryl/α,β-unsaturated/α-hetero) is 1. The maximum atomic E-state index is 13.0. The molecule has 0 aromatic heterocycles. The smallest absolute Gasteiger partial charge is 0.144 e. The van der Waals surface area contributed by atoms with Gasteiger partial charge in [-0.3, -0.25) is 4.79 Å². The normalized spacial score (nSPS) is 17.1. The zero-order valence-electron chi connectivity index (χ0n) is 14.2. The van der Waals surface area contributed by atoms with Gasteiger partial charge < -0.3 is 0 Å². The molecule has 1 nitrogen and oxygen atoms in total. The molecule has 0 aromatic rings. The molecule has 0 aliphatic heterocycles. The molecular weight excluding hydrogens is 220 g/mol. The summed E-state index contributed by atoms with van der Waals surface area (Å²) in [6.45, 7) is 21.7. The van der Waals surface area contributed by atoms with Gasteiger partial charge in [0.05, 0.1) is 0 Å². The lowest BCUT2D eigenvalue weighted by molar-refractivity contribution is -0.143. The van der Waals surface area contributed by atoms with E-state index in [1.54, 1.807) is 0 Å². The summed E-state index contributed by atoms with van der Waals surface area (Å²) in [6.07, 6.45) is 0. The average molecular weight is 254 g/mol. The van der Waals surface area contributed by atoms with Crippen molar-refractivity contribution in [3.8, 4) is 0 Å². The van der Waals surface area contributed by atoms with Gasteiger partial charge in [0, 0.05) is 10.8 Å². The van der Waals surface area contributed by atoms with E-state index < -0.39 is 0 Å². The Bertz CT molecular complexity index is 256. The Morgan fingerprint density at radius 3 is 1.06 bits per heavy atom. The molecule has 2 unspecified atom stereocenters. The highest BCUT2D eigenvalue weighted by atomic mass is 16.1. The van der Waals surface area contributed by atoms with Crippen LogP contribution in [-0.2, 0) is 4.79 Å². The molecule has 0 heterocycles. The van der Waals surface area contributed by atoms with Crippen molar-refractivity contribution in [1.82, 2.24) is 0 Å². The van der Waals surface area contributed by atoms with Crippen LogP contribution in [0.3, 0.4) is 0 Å². The standard InChI is InChI=1S/C17H34O/c1-11(2)13(5)16(7,8)15(18)17(9,10)14(6)12(3)4/h11-14H,1-10H3. The molecule has 0 aliphatic carbocycles. The Morgan fingerprint density at radius 2 is 0.889 bits per heavy atom. The fourth-order valence-electron chi connectivity index (χ4n) is 2.91. The van der Waals surface area contributed by atoms with Crippen LogP contribution >= 0.6 is 0 Å². The van der Waals surface area contributed by atoms with Gasteiger partial charge in [0.15, 0.2) is 0 Å². The maximum Gasteiger partial charge on any atom is 0.144 e. The SMILES string of the molecule is CC(C)C(C)C(C)(C)C(=O)C(C)(C)C(C)C(C)C. The van der Waals surface area contributed by atoms with Gasteiger partial charge in [0.25, 0.3) is 0 Å². The third kappa shape index (κ3) is 3.36. The van der Waals surface area contributed by atoms with Crippen LogP contribution in [0.15, 0.2) is 0 Å². The topological polar surface area (TPSA) is 17.1 Å². The third-order valence-electron chi connectivity index (χ3n) is 5.45. The maximum absolute atomic E-state index is 13.0. The van der Waals surface area contributed by atoms with Gasteiger partial charge in [-0.1, -0.05) is 69.2 Å². The van der Waals surface area contributed by atoms with E-state index in [2.05, 4.69) is 69.2 Å². The second-order valence-electron chi connectivity index (χ2n) is 7.84. The van der Waals surface area contributed by atoms with Crippen LogP contribution in [0.1, 0.15) is 69.2 Å². The summed E-state index contributed by atoms with van der Waals surface area (Å²) in [5, 5.41) is 0. The minimum atomic E-state index is -0.249. The van der Waals surface area contributed by atoms with Crippen molar-refractivity contribution in [2.75, 3.05) is 0 Å². The molecular formula is C17H34O. The van der Waals surface area contributed by atoms with Crippen molar-refractivity contribution in [2.24, 2.45) is 34.5 Å². The number of rotatable bonds is 6. The van der Waals surface area contributed by atoms with Gasteiger partial charge in [-0.2, -0.15) is 0 Å². The zero-order chi connectivity index (χ0) is 14.9. The van der Waals surface area contributed by atoms with E-state index in [-0.39, 0.29) is 10.8 Å². The first kappa shape index (κ1) is 17.7. The van der Waals surface area contributed by atoms with E-state index in [9.17, 15) is 4.79 Å². The minimum absolute atomic E-state index is 0.249. The fraction of sp³-hybridized carbons (Fsp3) is 0.941. The van der Waals surface area contributed by atoms with Gasteiger partial charge in [0.1, 0.15) is 5.78 Å². The molecule has 0 spiro atoms. The summed E-state index contributed by atoms with van der Waals surface area (Å²) in [4.78, 5) is 13.0. The van der Waals surface area contributed by atoms with Crippen molar-refractivity contribution in [2.45, 2.75) is 69.2 Å². The lowest BCUT2D eigenvalue weighted by atomic mass is 9.60. The lowest BCUT2D eigenvalue weighted by Crippen LogP contribution is -2.46. The highest BCUT2D eigenvalue weighted by Gasteiger charge is 2.45. The van der Waals surface area contributed by atoms with Crippen LogP contribution in [0.5, 0.6) is 0 Å². The van der Waals surface area contributed by atoms with Gasteiger partial charge in [-0.15, -0.1) is 0 Å². The van der Waals surface area contributed by atoms with Crippen molar-refractivity contribution in [3.05, 3.63) is 0 Å². The largest absolute Gasteiger partial charge is 0.298 e.